The molecule has 0 aliphatic carbocycles. The Kier molecular flexibility index (Phi) is 4.95. The molecule has 1 fully saturated rings. The lowest BCUT2D eigenvalue weighted by Crippen LogP contribution is -2.42. The highest BCUT2D eigenvalue weighted by Crippen LogP contribution is 2.18. The Hall–Kier alpha value is -2.31. The Morgan fingerprint density at radius 2 is 2.12 bits per heavy atom. The number of hydrogen-bond donors (Lipinski definition) is 0. The highest BCUT2D eigenvalue weighted by Gasteiger charge is 2.22. The third-order valence-corrected chi connectivity index (χ3v) is 5.05. The molecule has 6 nitrogen and oxygen atoms in total. The normalized spacial score (nSPS) is 18.5. The number of aryl methyl sites for hydroxylation is 3. The number of hydrogen-bond acceptors (Lipinski definition) is 5. The van der Waals surface area contributed by atoms with E-state index in [1.165, 1.54) is 5.52 Å². The summed E-state index contributed by atoms with van der Waals surface area (Å²) in [4.78, 5) is 15.8. The van der Waals surface area contributed by atoms with Crippen molar-refractivity contribution >= 4 is 11.0 Å². The first-order valence-corrected chi connectivity index (χ1v) is 9.21. The molecular formula is C20H25N5O. The number of rotatable bonds is 5. The van der Waals surface area contributed by atoms with Crippen LogP contribution in [-0.4, -0.2) is 50.2 Å². The molecule has 26 heavy (non-hydrogen) atoms. The van der Waals surface area contributed by atoms with Gasteiger partial charge in [-0.15, -0.1) is 0 Å². The molecule has 6 heteroatoms. The minimum Gasteiger partial charge on any atom is -0.376 e. The fraction of sp³-hybridized carbons (Fsp3) is 0.450. The van der Waals surface area contributed by atoms with Crippen LogP contribution in [0.25, 0.3) is 11.0 Å². The van der Waals surface area contributed by atoms with E-state index in [9.17, 15) is 0 Å². The Morgan fingerprint density at radius 3 is 2.96 bits per heavy atom. The van der Waals surface area contributed by atoms with E-state index in [4.69, 9.17) is 9.72 Å². The molecule has 1 saturated heterocycles. The summed E-state index contributed by atoms with van der Waals surface area (Å²) in [7, 11) is 2.10. The highest BCUT2D eigenvalue weighted by molar-refractivity contribution is 5.75. The average molecular weight is 351 g/mol. The van der Waals surface area contributed by atoms with Gasteiger partial charge in [0, 0.05) is 31.5 Å². The second-order valence-corrected chi connectivity index (χ2v) is 6.99. The predicted octanol–water partition coefficient (Wildman–Crippen LogP) is 2.51. The van der Waals surface area contributed by atoms with E-state index >= 15 is 0 Å². The van der Waals surface area contributed by atoms with E-state index in [0.717, 1.165) is 61.8 Å². The van der Waals surface area contributed by atoms with Crippen molar-refractivity contribution in [1.82, 2.24) is 24.4 Å². The monoisotopic (exact) mass is 351 g/mol. The third-order valence-electron chi connectivity index (χ3n) is 5.05. The van der Waals surface area contributed by atoms with Gasteiger partial charge in [-0.3, -0.25) is 4.90 Å². The Bertz CT molecular complexity index is 891. The minimum atomic E-state index is 0.244. The second kappa shape index (κ2) is 7.51. The zero-order chi connectivity index (χ0) is 17.9. The molecule has 4 rings (SSSR count). The number of aromatic nitrogens is 4. The number of nitrogens with zero attached hydrogens (tertiary/aromatic N) is 5. The molecule has 1 aromatic carbocycles. The molecule has 0 N–H and O–H groups in total. The van der Waals surface area contributed by atoms with E-state index < -0.39 is 0 Å². The van der Waals surface area contributed by atoms with Crippen LogP contribution in [0.3, 0.4) is 0 Å². The van der Waals surface area contributed by atoms with Crippen LogP contribution in [0, 0.1) is 6.92 Å². The van der Waals surface area contributed by atoms with Gasteiger partial charge in [-0.1, -0.05) is 12.1 Å². The summed E-state index contributed by atoms with van der Waals surface area (Å²) < 4.78 is 8.17. The molecular weight excluding hydrogens is 326 g/mol. The van der Waals surface area contributed by atoms with Crippen molar-refractivity contribution in [2.75, 3.05) is 19.7 Å². The van der Waals surface area contributed by atoms with Gasteiger partial charge in [-0.25, -0.2) is 15.0 Å². The molecule has 0 radical (unpaired) electrons. The Labute approximate surface area is 153 Å². The largest absolute Gasteiger partial charge is 0.376 e. The second-order valence-electron chi connectivity index (χ2n) is 6.99. The van der Waals surface area contributed by atoms with Crippen molar-refractivity contribution in [1.29, 1.82) is 0 Å². The molecule has 0 saturated carbocycles. The number of imidazole rings is 1. The molecule has 1 aliphatic rings. The molecule has 3 heterocycles. The maximum Gasteiger partial charge on any atom is 0.123 e. The fourth-order valence-corrected chi connectivity index (χ4v) is 3.59. The number of fused-ring (bicyclic) bond motifs is 1. The van der Waals surface area contributed by atoms with Crippen molar-refractivity contribution in [3.05, 3.63) is 53.9 Å². The van der Waals surface area contributed by atoms with Crippen molar-refractivity contribution in [2.45, 2.75) is 32.4 Å². The standard InChI is InChI=1S/C20H25N5O/c1-15-11-16(22-14-21-15)7-8-17-12-25(9-10-26-17)13-20-23-18-5-3-4-6-19(18)24(20)2/h3-6,11,14,17H,7-10,12-13H2,1-2H3/t17-/m0/s1. The zero-order valence-corrected chi connectivity index (χ0v) is 15.4. The van der Waals surface area contributed by atoms with Gasteiger partial charge in [0.2, 0.25) is 0 Å². The van der Waals surface area contributed by atoms with E-state index in [1.807, 2.05) is 13.0 Å². The summed E-state index contributed by atoms with van der Waals surface area (Å²) in [5.74, 6) is 1.11. The lowest BCUT2D eigenvalue weighted by Gasteiger charge is -2.32. The van der Waals surface area contributed by atoms with Crippen molar-refractivity contribution < 1.29 is 4.74 Å². The summed E-state index contributed by atoms with van der Waals surface area (Å²) in [5.41, 5.74) is 4.36. The van der Waals surface area contributed by atoms with E-state index in [0.29, 0.717) is 0 Å². The van der Waals surface area contributed by atoms with E-state index in [-0.39, 0.29) is 6.10 Å². The maximum absolute atomic E-state index is 5.97. The minimum absolute atomic E-state index is 0.244. The lowest BCUT2D eigenvalue weighted by atomic mass is 10.1. The quantitative estimate of drug-likeness (QED) is 0.707. The SMILES string of the molecule is Cc1cc(CC[C@H]2CN(Cc3nc4ccccc4n3C)CCO2)ncn1. The van der Waals surface area contributed by atoms with Gasteiger partial charge in [-0.2, -0.15) is 0 Å². The molecule has 0 unspecified atom stereocenters. The van der Waals surface area contributed by atoms with Crippen LogP contribution in [0.2, 0.25) is 0 Å². The van der Waals surface area contributed by atoms with Crippen LogP contribution in [-0.2, 0) is 24.8 Å². The average Bonchev–Trinajstić information content (AvgIpc) is 2.96. The molecule has 2 aromatic heterocycles. The zero-order valence-electron chi connectivity index (χ0n) is 15.4. The van der Waals surface area contributed by atoms with E-state index in [2.05, 4.69) is 50.7 Å². The molecule has 1 aliphatic heterocycles. The first-order valence-electron chi connectivity index (χ1n) is 9.21. The molecule has 136 valence electrons. The number of morpholine rings is 1. The van der Waals surface area contributed by atoms with Crippen LogP contribution in [0.1, 0.15) is 23.6 Å². The molecule has 3 aromatic rings. The van der Waals surface area contributed by atoms with Gasteiger partial charge in [-0.05, 0) is 38.0 Å². The first-order chi connectivity index (χ1) is 12.7. The van der Waals surface area contributed by atoms with Gasteiger partial charge >= 0.3 is 0 Å². The molecule has 1 atom stereocenters. The van der Waals surface area contributed by atoms with Gasteiger partial charge in [0.25, 0.3) is 0 Å². The van der Waals surface area contributed by atoms with Crippen molar-refractivity contribution in [3.8, 4) is 0 Å². The summed E-state index contributed by atoms with van der Waals surface area (Å²) in [6, 6.07) is 10.4. The Morgan fingerprint density at radius 1 is 1.23 bits per heavy atom. The van der Waals surface area contributed by atoms with Gasteiger partial charge < -0.3 is 9.30 Å². The topological polar surface area (TPSA) is 56.1 Å². The van der Waals surface area contributed by atoms with Crippen LogP contribution >= 0.6 is 0 Å². The summed E-state index contributed by atoms with van der Waals surface area (Å²) in [6.45, 7) is 5.52. The van der Waals surface area contributed by atoms with Crippen LogP contribution in [0.4, 0.5) is 0 Å². The lowest BCUT2D eigenvalue weighted by molar-refractivity contribution is -0.0355. The van der Waals surface area contributed by atoms with E-state index in [1.54, 1.807) is 6.33 Å². The fourth-order valence-electron chi connectivity index (χ4n) is 3.59. The smallest absolute Gasteiger partial charge is 0.123 e. The number of ether oxygens (including phenoxy) is 1. The van der Waals surface area contributed by atoms with Gasteiger partial charge in [0.1, 0.15) is 12.2 Å². The van der Waals surface area contributed by atoms with Gasteiger partial charge in [0.15, 0.2) is 0 Å². The van der Waals surface area contributed by atoms with Crippen molar-refractivity contribution in [2.24, 2.45) is 7.05 Å². The van der Waals surface area contributed by atoms with Gasteiger partial charge in [0.05, 0.1) is 30.3 Å². The molecule has 0 spiro atoms. The summed E-state index contributed by atoms with van der Waals surface area (Å²) >= 11 is 0. The number of para-hydroxylation sites is 2. The predicted molar refractivity (Wildman–Crippen MR) is 101 cm³/mol. The maximum atomic E-state index is 5.97. The first kappa shape index (κ1) is 17.1. The van der Waals surface area contributed by atoms with Crippen LogP contribution < -0.4 is 0 Å². The highest BCUT2D eigenvalue weighted by atomic mass is 16.5. The van der Waals surface area contributed by atoms with Crippen LogP contribution in [0.15, 0.2) is 36.7 Å². The molecule has 0 bridgehead atoms. The number of benzene rings is 1. The summed E-state index contributed by atoms with van der Waals surface area (Å²) in [5, 5.41) is 0. The van der Waals surface area contributed by atoms with Crippen LogP contribution in [0.5, 0.6) is 0 Å². The molecule has 0 amide bonds. The van der Waals surface area contributed by atoms with Crippen molar-refractivity contribution in [3.63, 3.8) is 0 Å². The summed E-state index contributed by atoms with van der Waals surface area (Å²) in [6.07, 6.45) is 3.79. The Balaban J connectivity index is 1.38. The third kappa shape index (κ3) is 3.76.